The number of carbonyl (C=O) groups is 1. The van der Waals surface area contributed by atoms with Gasteiger partial charge in [0, 0.05) is 63.6 Å². The van der Waals surface area contributed by atoms with E-state index >= 15 is 0 Å². The van der Waals surface area contributed by atoms with Crippen LogP contribution in [0.2, 0.25) is 0 Å². The molecule has 10 heteroatoms. The Morgan fingerprint density at radius 3 is 2.33 bits per heavy atom. The Hall–Kier alpha value is -3.63. The number of anilines is 1. The minimum atomic E-state index is -0.324. The number of nitrogens with zero attached hydrogens (tertiary/aromatic N) is 5. The van der Waals surface area contributed by atoms with Crippen LogP contribution < -0.4 is 14.4 Å². The van der Waals surface area contributed by atoms with Gasteiger partial charge in [0.2, 0.25) is 0 Å². The van der Waals surface area contributed by atoms with Gasteiger partial charge in [0.15, 0.2) is 0 Å². The summed E-state index contributed by atoms with van der Waals surface area (Å²) in [6.45, 7) is 6.68. The Balaban J connectivity index is 1.76. The van der Waals surface area contributed by atoms with Gasteiger partial charge >= 0.3 is 0 Å². The van der Waals surface area contributed by atoms with E-state index in [1.54, 1.807) is 45.6 Å². The lowest BCUT2D eigenvalue weighted by Gasteiger charge is -2.35. The van der Waals surface area contributed by atoms with Crippen molar-refractivity contribution < 1.29 is 23.4 Å². The van der Waals surface area contributed by atoms with Crippen LogP contribution in [0.5, 0.6) is 11.5 Å². The van der Waals surface area contributed by atoms with E-state index < -0.39 is 0 Å². The second kappa shape index (κ2) is 12.9. The molecule has 0 bridgehead atoms. The first-order valence-corrected chi connectivity index (χ1v) is 13.1. The van der Waals surface area contributed by atoms with E-state index in [2.05, 4.69) is 16.8 Å². The predicted octanol–water partition coefficient (Wildman–Crippen LogP) is 3.77. The van der Waals surface area contributed by atoms with Gasteiger partial charge in [-0.15, -0.1) is 0 Å². The first-order valence-electron chi connectivity index (χ1n) is 13.1. The number of benzene rings is 2. The number of aryl methyl sites for hydroxylation is 1. The van der Waals surface area contributed by atoms with Crippen molar-refractivity contribution in [2.24, 2.45) is 0 Å². The van der Waals surface area contributed by atoms with Crippen LogP contribution in [0.3, 0.4) is 0 Å². The van der Waals surface area contributed by atoms with Crippen molar-refractivity contribution in [2.75, 3.05) is 72.6 Å². The molecule has 0 radical (unpaired) electrons. The molecule has 2 aromatic carbocycles. The van der Waals surface area contributed by atoms with Crippen LogP contribution in [0.15, 0.2) is 42.5 Å². The molecule has 1 aromatic heterocycles. The first-order chi connectivity index (χ1) is 18.8. The highest BCUT2D eigenvalue weighted by molar-refractivity contribution is 5.95. The first kappa shape index (κ1) is 28.4. The summed E-state index contributed by atoms with van der Waals surface area (Å²) >= 11 is 0. The van der Waals surface area contributed by atoms with Gasteiger partial charge in [-0.05, 0) is 50.7 Å². The largest absolute Gasteiger partial charge is 0.497 e. The molecule has 0 atom stereocenters. The van der Waals surface area contributed by atoms with Gasteiger partial charge in [-0.25, -0.2) is 9.07 Å². The van der Waals surface area contributed by atoms with E-state index in [1.807, 2.05) is 22.6 Å². The fraction of sp³-hybridized carbons (Fsp3) is 0.448. The van der Waals surface area contributed by atoms with Crippen molar-refractivity contribution in [2.45, 2.75) is 19.9 Å². The summed E-state index contributed by atoms with van der Waals surface area (Å²) in [6.07, 6.45) is 0.671. The molecule has 0 spiro atoms. The molecule has 1 amide bonds. The number of carbonyl (C=O) groups excluding carboxylic acids is 1. The van der Waals surface area contributed by atoms with E-state index in [4.69, 9.17) is 19.3 Å². The van der Waals surface area contributed by atoms with Gasteiger partial charge in [-0.2, -0.15) is 5.10 Å². The van der Waals surface area contributed by atoms with Crippen LogP contribution in [-0.2, 0) is 11.3 Å². The number of rotatable bonds is 11. The number of likely N-dealkylation sites (N-methyl/N-ethyl adjacent to an activating group) is 1. The van der Waals surface area contributed by atoms with Crippen LogP contribution >= 0.6 is 0 Å². The van der Waals surface area contributed by atoms with Crippen LogP contribution in [0.25, 0.3) is 5.69 Å². The average molecular weight is 540 g/mol. The third-order valence-corrected chi connectivity index (χ3v) is 7.02. The fourth-order valence-electron chi connectivity index (χ4n) is 4.82. The fourth-order valence-corrected chi connectivity index (χ4v) is 4.82. The zero-order valence-corrected chi connectivity index (χ0v) is 23.4. The summed E-state index contributed by atoms with van der Waals surface area (Å²) in [6, 6.07) is 11.6. The minimum absolute atomic E-state index is 0.148. The van der Waals surface area contributed by atoms with E-state index in [-0.39, 0.29) is 11.7 Å². The molecule has 9 nitrogen and oxygen atoms in total. The van der Waals surface area contributed by atoms with Gasteiger partial charge in [-0.3, -0.25) is 4.79 Å². The minimum Gasteiger partial charge on any atom is -0.497 e. The van der Waals surface area contributed by atoms with Crippen LogP contribution in [-0.4, -0.2) is 93.2 Å². The molecule has 0 saturated carbocycles. The Labute approximate surface area is 229 Å². The molecule has 1 fully saturated rings. The average Bonchev–Trinajstić information content (AvgIpc) is 3.27. The topological polar surface area (TPSA) is 72.3 Å². The molecule has 39 heavy (non-hydrogen) atoms. The third-order valence-electron chi connectivity index (χ3n) is 7.02. The Kier molecular flexibility index (Phi) is 9.42. The molecule has 3 aromatic rings. The lowest BCUT2D eigenvalue weighted by Crippen LogP contribution is -2.45. The standard InChI is InChI=1S/C29H38FN5O4/c1-21-27(20-34(10-7-15-37-3)29(36)22-16-25(38-4)19-26(17-22)39-5)28(33-13-11-32(2)12-14-33)35(31-21)24-9-6-8-23(30)18-24/h6,8-9,16-19H,7,10-15,20H2,1-5H3. The second-order valence-corrected chi connectivity index (χ2v) is 9.74. The van der Waals surface area contributed by atoms with Gasteiger partial charge < -0.3 is 28.9 Å². The maximum absolute atomic E-state index is 14.2. The molecular weight excluding hydrogens is 501 g/mol. The van der Waals surface area contributed by atoms with Gasteiger partial charge in [0.25, 0.3) is 5.91 Å². The molecule has 1 aliphatic rings. The summed E-state index contributed by atoms with van der Waals surface area (Å²) < 4.78 is 32.1. The smallest absolute Gasteiger partial charge is 0.254 e. The molecule has 2 heterocycles. The molecule has 0 N–H and O–H groups in total. The van der Waals surface area contributed by atoms with Crippen molar-refractivity contribution in [1.29, 1.82) is 0 Å². The van der Waals surface area contributed by atoms with Crippen LogP contribution in [0.4, 0.5) is 10.2 Å². The SMILES string of the molecule is COCCCN(Cc1c(C)nn(-c2cccc(F)c2)c1N1CCN(C)CC1)C(=O)c1cc(OC)cc(OC)c1. The molecule has 1 saturated heterocycles. The normalized spacial score (nSPS) is 13.9. The van der Waals surface area contributed by atoms with Crippen molar-refractivity contribution in [3.05, 3.63) is 65.1 Å². The van der Waals surface area contributed by atoms with E-state index in [0.717, 1.165) is 43.3 Å². The van der Waals surface area contributed by atoms with Crippen molar-refractivity contribution in [3.63, 3.8) is 0 Å². The quantitative estimate of drug-likeness (QED) is 0.344. The van der Waals surface area contributed by atoms with Gasteiger partial charge in [-0.1, -0.05) is 6.07 Å². The highest BCUT2D eigenvalue weighted by Crippen LogP contribution is 2.31. The third kappa shape index (κ3) is 6.69. The van der Waals surface area contributed by atoms with E-state index in [9.17, 15) is 9.18 Å². The lowest BCUT2D eigenvalue weighted by molar-refractivity contribution is 0.0723. The lowest BCUT2D eigenvalue weighted by atomic mass is 10.1. The molecule has 4 rings (SSSR count). The summed E-state index contributed by atoms with van der Waals surface area (Å²) in [5.74, 6) is 1.50. The number of methoxy groups -OCH3 is 3. The highest BCUT2D eigenvalue weighted by atomic mass is 19.1. The monoisotopic (exact) mass is 539 g/mol. The number of aromatic nitrogens is 2. The zero-order valence-electron chi connectivity index (χ0n) is 23.4. The highest BCUT2D eigenvalue weighted by Gasteiger charge is 2.28. The number of ether oxygens (including phenoxy) is 3. The zero-order chi connectivity index (χ0) is 27.9. The maximum Gasteiger partial charge on any atom is 0.254 e. The molecule has 210 valence electrons. The molecule has 0 unspecified atom stereocenters. The summed E-state index contributed by atoms with van der Waals surface area (Å²) in [5.41, 5.74) is 2.85. The van der Waals surface area contributed by atoms with Crippen molar-refractivity contribution in [1.82, 2.24) is 19.6 Å². The van der Waals surface area contributed by atoms with Gasteiger partial charge in [0.1, 0.15) is 23.1 Å². The van der Waals surface area contributed by atoms with E-state index in [1.165, 1.54) is 12.1 Å². The second-order valence-electron chi connectivity index (χ2n) is 9.74. The van der Waals surface area contributed by atoms with Crippen molar-refractivity contribution >= 4 is 11.7 Å². The maximum atomic E-state index is 14.2. The van der Waals surface area contributed by atoms with Crippen molar-refractivity contribution in [3.8, 4) is 17.2 Å². The molecule has 1 aliphatic heterocycles. The number of halogens is 1. The number of hydrogen-bond acceptors (Lipinski definition) is 7. The summed E-state index contributed by atoms with van der Waals surface area (Å²) in [5, 5.41) is 4.84. The summed E-state index contributed by atoms with van der Waals surface area (Å²) in [4.78, 5) is 20.3. The number of piperazine rings is 1. The molecule has 0 aliphatic carbocycles. The molecular formula is C29H38FN5O4. The number of hydrogen-bond donors (Lipinski definition) is 0. The Bertz CT molecular complexity index is 1250. The van der Waals surface area contributed by atoms with Crippen LogP contribution in [0.1, 0.15) is 28.0 Å². The summed E-state index contributed by atoms with van der Waals surface area (Å²) in [7, 11) is 6.88. The Morgan fingerprint density at radius 1 is 1.03 bits per heavy atom. The van der Waals surface area contributed by atoms with E-state index in [0.29, 0.717) is 48.9 Å². The van der Waals surface area contributed by atoms with Gasteiger partial charge in [0.05, 0.1) is 32.1 Å². The van der Waals surface area contributed by atoms with Crippen LogP contribution in [0, 0.1) is 12.7 Å². The Morgan fingerprint density at radius 2 is 1.72 bits per heavy atom. The predicted molar refractivity (Wildman–Crippen MR) is 149 cm³/mol. The number of amides is 1.